The van der Waals surface area contributed by atoms with Gasteiger partial charge in [0.15, 0.2) is 11.5 Å². The largest absolute Gasteiger partial charge is 0.493 e. The van der Waals surface area contributed by atoms with Crippen molar-refractivity contribution in [2.75, 3.05) is 65.3 Å². The second-order valence-electron chi connectivity index (χ2n) is 10.6. The number of methoxy groups -OCH3 is 2. The highest BCUT2D eigenvalue weighted by Crippen LogP contribution is 2.35. The predicted octanol–water partition coefficient (Wildman–Crippen LogP) is 6.17. The number of halogens is 1. The van der Waals surface area contributed by atoms with Crippen molar-refractivity contribution in [3.8, 4) is 11.5 Å². The molecule has 0 N–H and O–H groups in total. The molecule has 0 spiro atoms. The van der Waals surface area contributed by atoms with Gasteiger partial charge < -0.3 is 33.2 Å². The highest BCUT2D eigenvalue weighted by Gasteiger charge is 2.33. The van der Waals surface area contributed by atoms with Crippen LogP contribution in [0.2, 0.25) is 5.02 Å². The predicted molar refractivity (Wildman–Crippen MR) is 169 cm³/mol. The summed E-state index contributed by atoms with van der Waals surface area (Å²) in [4.78, 5) is 22.2. The van der Waals surface area contributed by atoms with Crippen molar-refractivity contribution in [3.63, 3.8) is 0 Å². The smallest absolute Gasteiger partial charge is 0.325 e. The van der Waals surface area contributed by atoms with Gasteiger partial charge in [-0.1, -0.05) is 31.4 Å². The molecule has 0 radical (unpaired) electrons. The number of rotatable bonds is 18. The van der Waals surface area contributed by atoms with Gasteiger partial charge in [0.1, 0.15) is 5.65 Å². The van der Waals surface area contributed by atoms with Crippen molar-refractivity contribution in [1.82, 2.24) is 14.5 Å². The Hall–Kier alpha value is -3.05. The van der Waals surface area contributed by atoms with E-state index < -0.39 is 0 Å². The van der Waals surface area contributed by atoms with Crippen LogP contribution in [-0.2, 0) is 27.3 Å². The lowest BCUT2D eigenvalue weighted by Gasteiger charge is -2.40. The molecule has 0 saturated carbocycles. The number of carbonyl (C=O) groups excluding carboxylic acids is 1. The Balaban J connectivity index is 1.45. The van der Waals surface area contributed by atoms with Crippen LogP contribution in [0.4, 0.5) is 10.5 Å². The number of hydrogen-bond donors (Lipinski definition) is 0. The molecule has 2 aromatic heterocycles. The van der Waals surface area contributed by atoms with E-state index in [0.29, 0.717) is 75.8 Å². The van der Waals surface area contributed by atoms with Crippen molar-refractivity contribution < 1.29 is 28.5 Å². The molecule has 0 unspecified atom stereocenters. The molecule has 1 atom stereocenters. The third kappa shape index (κ3) is 8.53. The number of nitrogens with zero attached hydrogens (tertiary/aromatic N) is 4. The van der Waals surface area contributed by atoms with E-state index in [1.807, 2.05) is 44.8 Å². The summed E-state index contributed by atoms with van der Waals surface area (Å²) in [5, 5.41) is 1.46. The lowest BCUT2D eigenvalue weighted by Crippen LogP contribution is -2.53. The maximum Gasteiger partial charge on any atom is 0.325 e. The number of anilines is 1. The van der Waals surface area contributed by atoms with Gasteiger partial charge in [0.25, 0.3) is 0 Å². The van der Waals surface area contributed by atoms with Crippen LogP contribution in [0.1, 0.15) is 45.1 Å². The van der Waals surface area contributed by atoms with E-state index >= 15 is 0 Å². The van der Waals surface area contributed by atoms with Gasteiger partial charge in [-0.05, 0) is 43.5 Å². The number of carbonyl (C=O) groups is 1. The molecule has 10 nitrogen and oxygen atoms in total. The maximum absolute atomic E-state index is 13.9. The number of ether oxygens (including phenoxy) is 5. The second-order valence-corrected chi connectivity index (χ2v) is 11.1. The molecule has 1 saturated heterocycles. The Morgan fingerprint density at radius 1 is 1.00 bits per heavy atom. The van der Waals surface area contributed by atoms with Gasteiger partial charge in [-0.15, -0.1) is 0 Å². The van der Waals surface area contributed by atoms with Crippen LogP contribution in [0.25, 0.3) is 11.0 Å². The van der Waals surface area contributed by atoms with Crippen LogP contribution < -0.4 is 14.4 Å². The minimum Gasteiger partial charge on any atom is -0.493 e. The molecule has 0 bridgehead atoms. The van der Waals surface area contributed by atoms with Crippen LogP contribution in [0.15, 0.2) is 36.7 Å². The average Bonchev–Trinajstić information content (AvgIpc) is 3.34. The molecule has 1 aromatic carbocycles. The number of pyridine rings is 1. The molecule has 4 rings (SSSR count). The molecule has 1 aliphatic heterocycles. The molecule has 236 valence electrons. The van der Waals surface area contributed by atoms with Crippen LogP contribution in [0.5, 0.6) is 11.5 Å². The maximum atomic E-state index is 13.9. The molecular formula is C32H45ClN4O6. The topological polar surface area (TPSA) is 87.5 Å². The Kier molecular flexibility index (Phi) is 12.8. The van der Waals surface area contributed by atoms with Crippen molar-refractivity contribution >= 4 is 34.4 Å². The van der Waals surface area contributed by atoms with Crippen LogP contribution in [0.3, 0.4) is 0 Å². The van der Waals surface area contributed by atoms with E-state index in [1.165, 1.54) is 0 Å². The van der Waals surface area contributed by atoms with Crippen molar-refractivity contribution in [2.24, 2.45) is 0 Å². The Bertz CT molecular complexity index is 1320. The van der Waals surface area contributed by atoms with E-state index in [-0.39, 0.29) is 12.1 Å². The summed E-state index contributed by atoms with van der Waals surface area (Å²) >= 11 is 6.74. The van der Waals surface area contributed by atoms with Gasteiger partial charge in [-0.2, -0.15) is 0 Å². The highest BCUT2D eigenvalue weighted by molar-refractivity contribution is 6.35. The van der Waals surface area contributed by atoms with E-state index in [0.717, 1.165) is 48.0 Å². The molecular weight excluding hydrogens is 572 g/mol. The zero-order valence-electron chi connectivity index (χ0n) is 25.9. The lowest BCUT2D eigenvalue weighted by molar-refractivity contribution is 0.0232. The van der Waals surface area contributed by atoms with Crippen LogP contribution in [0, 0.1) is 0 Å². The first-order chi connectivity index (χ1) is 21.0. The molecule has 2 amide bonds. The minimum atomic E-state index is -0.0533. The van der Waals surface area contributed by atoms with Gasteiger partial charge in [-0.3, -0.25) is 4.90 Å². The number of aromatic nitrogens is 2. The van der Waals surface area contributed by atoms with E-state index in [1.54, 1.807) is 20.4 Å². The van der Waals surface area contributed by atoms with E-state index in [2.05, 4.69) is 18.8 Å². The summed E-state index contributed by atoms with van der Waals surface area (Å²) < 4.78 is 29.7. The Morgan fingerprint density at radius 2 is 1.79 bits per heavy atom. The summed E-state index contributed by atoms with van der Waals surface area (Å²) in [6.07, 6.45) is 7.69. The SMILES string of the molecule is CCCCCOc1cc(N2CC[C@H](C)N(Cc3ccnc4c3c(Cl)cn4CCOCCOCCOC)C2=O)ccc1OC. The van der Waals surface area contributed by atoms with Crippen molar-refractivity contribution in [2.45, 2.75) is 58.7 Å². The molecule has 1 aliphatic rings. The number of urea groups is 1. The zero-order chi connectivity index (χ0) is 30.6. The fourth-order valence-corrected chi connectivity index (χ4v) is 5.52. The number of fused-ring (bicyclic) bond motifs is 1. The molecule has 3 aromatic rings. The van der Waals surface area contributed by atoms with Crippen LogP contribution >= 0.6 is 11.6 Å². The van der Waals surface area contributed by atoms with Crippen molar-refractivity contribution in [3.05, 3.63) is 47.2 Å². The summed E-state index contributed by atoms with van der Waals surface area (Å²) in [7, 11) is 3.28. The number of benzene rings is 1. The monoisotopic (exact) mass is 616 g/mol. The molecule has 11 heteroatoms. The summed E-state index contributed by atoms with van der Waals surface area (Å²) in [6, 6.07) is 7.65. The summed E-state index contributed by atoms with van der Waals surface area (Å²) in [5.41, 5.74) is 2.52. The highest BCUT2D eigenvalue weighted by atomic mass is 35.5. The fourth-order valence-electron chi connectivity index (χ4n) is 5.20. The Labute approximate surface area is 259 Å². The van der Waals surface area contributed by atoms with E-state index in [4.69, 9.17) is 35.3 Å². The number of hydrogen-bond acceptors (Lipinski definition) is 7. The van der Waals surface area contributed by atoms with Gasteiger partial charge in [0.2, 0.25) is 0 Å². The minimum absolute atomic E-state index is 0.0533. The first kappa shape index (κ1) is 32.9. The normalized spacial score (nSPS) is 15.5. The van der Waals surface area contributed by atoms with Gasteiger partial charge in [0.05, 0.1) is 51.8 Å². The van der Waals surface area contributed by atoms with E-state index in [9.17, 15) is 4.79 Å². The summed E-state index contributed by atoms with van der Waals surface area (Å²) in [6.45, 7) is 9.15. The average molecular weight is 617 g/mol. The lowest BCUT2D eigenvalue weighted by atomic mass is 10.1. The first-order valence-corrected chi connectivity index (χ1v) is 15.5. The summed E-state index contributed by atoms with van der Waals surface area (Å²) in [5.74, 6) is 1.31. The molecule has 43 heavy (non-hydrogen) atoms. The quantitative estimate of drug-likeness (QED) is 0.158. The second kappa shape index (κ2) is 16.7. The Morgan fingerprint density at radius 3 is 2.56 bits per heavy atom. The molecule has 1 fully saturated rings. The van der Waals surface area contributed by atoms with Gasteiger partial charge in [0, 0.05) is 62.3 Å². The number of amides is 2. The third-order valence-corrected chi connectivity index (χ3v) is 7.95. The fraction of sp³-hybridized carbons (Fsp3) is 0.562. The third-order valence-electron chi connectivity index (χ3n) is 7.66. The number of unbranched alkanes of at least 4 members (excludes halogenated alkanes) is 2. The van der Waals surface area contributed by atoms with Gasteiger partial charge in [-0.25, -0.2) is 9.78 Å². The molecule has 0 aliphatic carbocycles. The van der Waals surface area contributed by atoms with Gasteiger partial charge >= 0.3 is 6.03 Å². The first-order valence-electron chi connectivity index (χ1n) is 15.1. The standard InChI is InChI=1S/C32H45ClN4O6/c1-5-6-7-15-43-29-21-26(8-9-28(29)40-4)36-13-11-24(2)37(32(36)38)22-25-10-12-34-31-30(25)27(33)23-35(31)14-16-41-19-20-42-18-17-39-3/h8-10,12,21,23-24H,5-7,11,13-20,22H2,1-4H3/t24-/m0/s1. The molecule has 3 heterocycles. The van der Waals surface area contributed by atoms with Crippen LogP contribution in [-0.4, -0.2) is 86.9 Å². The van der Waals surface area contributed by atoms with Crippen molar-refractivity contribution in [1.29, 1.82) is 0 Å². The zero-order valence-corrected chi connectivity index (χ0v) is 26.6.